The van der Waals surface area contributed by atoms with E-state index in [9.17, 15) is 0 Å². The van der Waals surface area contributed by atoms with Crippen molar-refractivity contribution in [2.24, 2.45) is 0 Å². The van der Waals surface area contributed by atoms with Gasteiger partial charge < -0.3 is 39.9 Å². The molecule has 516 valence electrons. The van der Waals surface area contributed by atoms with Gasteiger partial charge in [0.2, 0.25) is 0 Å². The molecule has 0 spiro atoms. The van der Waals surface area contributed by atoms with Crippen LogP contribution in [0.5, 0.6) is 0 Å². The Balaban J connectivity index is 0. The molecule has 0 saturated heterocycles. The molecule has 0 atom stereocenters. The first kappa shape index (κ1) is 88.3. The van der Waals surface area contributed by atoms with Crippen molar-refractivity contribution >= 4 is 114 Å². The second-order valence-corrected chi connectivity index (χ2v) is 22.8. The van der Waals surface area contributed by atoms with Crippen molar-refractivity contribution in [2.45, 2.75) is 265 Å². The van der Waals surface area contributed by atoms with Crippen LogP contribution >= 0.6 is 20.4 Å². The van der Waals surface area contributed by atoms with E-state index in [0.717, 1.165) is 0 Å². The third kappa shape index (κ3) is 44.7. The van der Waals surface area contributed by atoms with E-state index in [1.54, 1.807) is 72.9 Å². The minimum Gasteiger partial charge on any atom is 2.00 e. The molecule has 16 bridgehead atoms. The largest absolute Gasteiger partial charge is 2.00 e. The molecule has 10 rings (SSSR count). The van der Waals surface area contributed by atoms with Crippen LogP contribution in [0.1, 0.15) is 311 Å². The molecule has 6 aromatic heterocycles. The fraction of sp³-hybridized carbons (Fsp3) is 0.556. The Hall–Kier alpha value is -5.79. The standard InChI is InChI=1S/C16H10N8.C16H8N8.8C5H12.2ClH.2Ni/c2*1-2-10-17-9(1)21-11-3-4-13(18-11)23-15-7-8-16(20-15)24-14-6-5-12(19-14)22-10;8*1-3-5-4-2;;;;/h1-8H,(H2,17,18,19,20,21,22,23,24);1-8H;8*3-5H2,1-2H3;2*1H;;/q;-2;;;;;;;;;;;2*+2/p-2. The second-order valence-electron chi connectivity index (χ2n) is 21.2. The van der Waals surface area contributed by atoms with Gasteiger partial charge in [-0.05, 0) is 97.1 Å². The topological polar surface area (TPSA) is 214 Å². The summed E-state index contributed by atoms with van der Waals surface area (Å²) >= 11 is 0.569. The van der Waals surface area contributed by atoms with Gasteiger partial charge in [0.25, 0.3) is 0 Å². The number of hydrogen-bond donors (Lipinski definition) is 2. The van der Waals surface area contributed by atoms with E-state index in [2.05, 4.69) is 191 Å². The van der Waals surface area contributed by atoms with Gasteiger partial charge in [-0.15, -0.1) is 0 Å². The minimum absolute atomic E-state index is 0. The van der Waals surface area contributed by atoms with Gasteiger partial charge in [-0.2, -0.15) is 0 Å². The molecule has 92 heavy (non-hydrogen) atoms. The van der Waals surface area contributed by atoms with Crippen molar-refractivity contribution in [2.75, 3.05) is 0 Å². The predicted molar refractivity (Wildman–Crippen MR) is 391 cm³/mol. The summed E-state index contributed by atoms with van der Waals surface area (Å²) in [5.41, 5.74) is 4.89. The van der Waals surface area contributed by atoms with Crippen LogP contribution in [0.15, 0.2) is 48.5 Å². The normalized spacial score (nSPS) is 10.5. The van der Waals surface area contributed by atoms with Crippen LogP contribution in [0.2, 0.25) is 0 Å². The number of nitrogens with zero attached hydrogens (tertiary/aromatic N) is 14. The number of aromatic nitrogens is 16. The zero-order valence-electron chi connectivity index (χ0n) is 58.9. The van der Waals surface area contributed by atoms with E-state index in [0.29, 0.717) is 104 Å². The predicted octanol–water partition coefficient (Wildman–Crippen LogP) is 22.7. The van der Waals surface area contributed by atoms with Gasteiger partial charge in [-0.25, -0.2) is 39.9 Å². The fourth-order valence-electron chi connectivity index (χ4n) is 7.59. The molecule has 0 radical (unpaired) electrons. The minimum atomic E-state index is 0. The molecule has 0 aromatic carbocycles. The number of nitrogens with one attached hydrogen (secondary N) is 2. The van der Waals surface area contributed by atoms with Crippen LogP contribution in [0, 0.1) is 0 Å². The van der Waals surface area contributed by atoms with E-state index in [-0.39, 0.29) is 16.5 Å². The molecule has 0 amide bonds. The summed E-state index contributed by atoms with van der Waals surface area (Å²) in [7, 11) is 9.40. The first-order chi connectivity index (χ1) is 44.3. The van der Waals surface area contributed by atoms with Crippen molar-refractivity contribution in [3.63, 3.8) is 0 Å². The van der Waals surface area contributed by atoms with Crippen molar-refractivity contribution < 1.29 is 29.1 Å². The van der Waals surface area contributed by atoms with Gasteiger partial charge in [0.15, 0.2) is 23.3 Å². The Morgan fingerprint density at radius 2 is 0.402 bits per heavy atom. The molecule has 10 heterocycles. The van der Waals surface area contributed by atoms with Crippen LogP contribution in [0.3, 0.4) is 0 Å². The van der Waals surface area contributed by atoms with Crippen LogP contribution in [-0.2, 0) is 29.1 Å². The molecule has 0 unspecified atom stereocenters. The van der Waals surface area contributed by atoms with Crippen molar-refractivity contribution in [3.8, 4) is 0 Å². The smallest absolute Gasteiger partial charge is 2.00 e. The Kier molecular flexibility index (Phi) is 58.9. The van der Waals surface area contributed by atoms with E-state index < -0.39 is 0 Å². The number of rotatable bonds is 16. The molecule has 0 fully saturated rings. The molecule has 2 N–H and O–H groups in total. The van der Waals surface area contributed by atoms with Crippen LogP contribution in [0.4, 0.5) is 0 Å². The Morgan fingerprint density at radius 1 is 0.250 bits per heavy atom. The van der Waals surface area contributed by atoms with Gasteiger partial charge in [-0.1, -0.05) is 265 Å². The number of hydrogen-bond acceptors (Lipinski definition) is 12. The SMILES string of the molecule is C1=Cc2nc1nc1ccc(nc3nc(nc4ccc(n2)[n-]4)C=C3)[n-]1.C1=Cc2nc1nc1nc(nc3ccc(nc4ccc(n2)[nH]4)[nH]3)C=C1.CCCCC.CCCCC.CCCCC.CCCCC.CCCCC.CCCCC.CCCCC.CCCCC.[Cl][Ni][Cl].[Ni+2]. The fourth-order valence-corrected chi connectivity index (χ4v) is 7.59. The zero-order chi connectivity index (χ0) is 67.5. The molecule has 20 heteroatoms. The number of fused-ring (bicyclic) bond motifs is 16. The first-order valence-corrected chi connectivity index (χ1v) is 36.8. The van der Waals surface area contributed by atoms with Gasteiger partial charge in [0, 0.05) is 22.6 Å². The molecule has 4 aliphatic rings. The van der Waals surface area contributed by atoms with E-state index in [1.165, 1.54) is 154 Å². The number of unbranched alkanes of at least 4 members (excludes halogenated alkanes) is 16. The third-order valence-corrected chi connectivity index (χ3v) is 12.5. The summed E-state index contributed by atoms with van der Waals surface area (Å²) in [5.74, 6) is 4.42. The first-order valence-electron chi connectivity index (χ1n) is 34.1. The average Bonchev–Trinajstić information content (AvgIpc) is 4.41. The van der Waals surface area contributed by atoms with Gasteiger partial charge in [-0.3, -0.25) is 0 Å². The third-order valence-electron chi connectivity index (χ3n) is 12.5. The molecule has 4 aliphatic heterocycles. The number of halogens is 2. The van der Waals surface area contributed by atoms with Gasteiger partial charge in [0.05, 0.1) is 23.3 Å². The van der Waals surface area contributed by atoms with E-state index in [1.807, 2.05) is 24.3 Å². The molecule has 0 saturated carbocycles. The summed E-state index contributed by atoms with van der Waals surface area (Å²) in [4.78, 5) is 67.5. The molecule has 6 aromatic rings. The Morgan fingerprint density at radius 3 is 0.565 bits per heavy atom. The number of aromatic amines is 2. The second kappa shape index (κ2) is 61.4. The summed E-state index contributed by atoms with van der Waals surface area (Å²) in [6, 6.07) is 14.5. The maximum Gasteiger partial charge on any atom is 2.00 e. The van der Waals surface area contributed by atoms with Crippen LogP contribution in [-0.4, -0.2) is 69.8 Å². The maximum atomic E-state index is 4.70. The monoisotopic (exact) mass is 1390 g/mol. The van der Waals surface area contributed by atoms with Gasteiger partial charge >= 0.3 is 49.5 Å². The van der Waals surface area contributed by atoms with Crippen LogP contribution in [0.25, 0.3) is 93.8 Å². The molecule has 0 aliphatic carbocycles. The van der Waals surface area contributed by atoms with Crippen molar-refractivity contribution in [3.05, 3.63) is 95.1 Å². The van der Waals surface area contributed by atoms with E-state index >= 15 is 0 Å². The Bertz CT molecular complexity index is 2850. The Labute approximate surface area is 579 Å². The maximum absolute atomic E-state index is 4.70. The molecular weight excluding hydrogens is 1280 g/mol. The van der Waals surface area contributed by atoms with Crippen molar-refractivity contribution in [1.82, 2.24) is 79.7 Å². The summed E-state index contributed by atoms with van der Waals surface area (Å²) in [6.45, 7) is 35.4. The zero-order valence-corrected chi connectivity index (χ0v) is 62.3. The summed E-state index contributed by atoms with van der Waals surface area (Å²) < 4.78 is 0. The molecular formula is C72H114Cl2N16Ni2. The van der Waals surface area contributed by atoms with E-state index in [4.69, 9.17) is 20.4 Å². The number of H-pyrrole nitrogens is 2. The van der Waals surface area contributed by atoms with Crippen LogP contribution < -0.4 is 9.97 Å². The quantitative estimate of drug-likeness (QED) is 0.0861. The summed E-state index contributed by atoms with van der Waals surface area (Å²) in [5, 5.41) is 0. The van der Waals surface area contributed by atoms with Gasteiger partial charge in [0.1, 0.15) is 22.6 Å². The van der Waals surface area contributed by atoms with Crippen molar-refractivity contribution in [1.29, 1.82) is 0 Å². The molecule has 16 nitrogen and oxygen atoms in total. The summed E-state index contributed by atoms with van der Waals surface area (Å²) in [6.07, 6.45) is 46.9. The average molecular weight is 1390 g/mol.